The van der Waals surface area contributed by atoms with Gasteiger partial charge in [-0.05, 0) is 31.2 Å². The van der Waals surface area contributed by atoms with Gasteiger partial charge < -0.3 is 10.6 Å². The van der Waals surface area contributed by atoms with E-state index in [0.29, 0.717) is 22.3 Å². The molecule has 2 amide bonds. The quantitative estimate of drug-likeness (QED) is 0.257. The Morgan fingerprint density at radius 2 is 1.78 bits per heavy atom. The number of hydrogen-bond acceptors (Lipinski definition) is 8. The van der Waals surface area contributed by atoms with Gasteiger partial charge >= 0.3 is 6.18 Å². The lowest BCUT2D eigenvalue weighted by molar-refractivity contribution is -0.137. The highest BCUT2D eigenvalue weighted by atomic mass is 35.5. The van der Waals surface area contributed by atoms with Gasteiger partial charge in [0.25, 0.3) is 11.8 Å². The summed E-state index contributed by atoms with van der Waals surface area (Å²) in [5, 5.41) is 4.72. The van der Waals surface area contributed by atoms with Crippen molar-refractivity contribution in [3.63, 3.8) is 0 Å². The zero-order chi connectivity index (χ0) is 26.7. The second-order valence-electron chi connectivity index (χ2n) is 7.42. The molecule has 4 rings (SSSR count). The Morgan fingerprint density at radius 1 is 1.00 bits per heavy atom. The average molecular weight is 552 g/mol. The summed E-state index contributed by atoms with van der Waals surface area (Å²) in [4.78, 5) is 44.6. The first-order valence-electron chi connectivity index (χ1n) is 10.3. The summed E-state index contributed by atoms with van der Waals surface area (Å²) in [5.41, 5.74) is -0.258. The molecule has 0 aliphatic heterocycles. The van der Waals surface area contributed by atoms with Gasteiger partial charge in [0.1, 0.15) is 27.7 Å². The molecule has 4 aromatic heterocycles. The van der Waals surface area contributed by atoms with Crippen LogP contribution in [-0.4, -0.2) is 36.7 Å². The monoisotopic (exact) mass is 551 g/mol. The van der Waals surface area contributed by atoms with Crippen LogP contribution in [0.4, 0.5) is 23.4 Å². The lowest BCUT2D eigenvalue weighted by Crippen LogP contribution is -2.27. The van der Waals surface area contributed by atoms with E-state index in [-0.39, 0.29) is 16.4 Å². The number of thiazole rings is 1. The lowest BCUT2D eigenvalue weighted by Gasteiger charge is -2.11. The topological polar surface area (TPSA) is 123 Å². The molecule has 9 nitrogen and oxygen atoms in total. The first kappa shape index (κ1) is 26.0. The van der Waals surface area contributed by atoms with Crippen molar-refractivity contribution in [1.82, 2.24) is 30.2 Å². The standard InChI is InChI=1S/C22H14ClF4N7O2S/c1-10(33-19(35)15-5-14(31-9-32-15)11-2-3-17(24)28-6-11)21-30-8-16(37-21)20(36)34-18-4-12(22(25,26)27)13(23)7-29-18/h2-10H,1H3,(H,33,35)(H,29,34,36). The lowest BCUT2D eigenvalue weighted by atomic mass is 10.2. The van der Waals surface area contributed by atoms with Crippen LogP contribution in [0, 0.1) is 5.95 Å². The van der Waals surface area contributed by atoms with Gasteiger partial charge in [-0.3, -0.25) is 9.59 Å². The highest BCUT2D eigenvalue weighted by Crippen LogP contribution is 2.35. The maximum absolute atomic E-state index is 13.1. The van der Waals surface area contributed by atoms with Crippen LogP contribution < -0.4 is 10.6 Å². The zero-order valence-corrected chi connectivity index (χ0v) is 20.1. The van der Waals surface area contributed by atoms with E-state index in [4.69, 9.17) is 11.6 Å². The average Bonchev–Trinajstić information content (AvgIpc) is 3.36. The molecule has 4 aromatic rings. The van der Waals surface area contributed by atoms with Crippen molar-refractivity contribution in [3.8, 4) is 11.3 Å². The summed E-state index contributed by atoms with van der Waals surface area (Å²) in [5.74, 6) is -2.29. The van der Waals surface area contributed by atoms with Crippen LogP contribution in [0.25, 0.3) is 11.3 Å². The fourth-order valence-corrected chi connectivity index (χ4v) is 4.02. The van der Waals surface area contributed by atoms with E-state index in [2.05, 4.69) is 35.6 Å². The number of nitrogens with zero attached hydrogens (tertiary/aromatic N) is 5. The summed E-state index contributed by atoms with van der Waals surface area (Å²) in [7, 11) is 0. The number of pyridine rings is 2. The molecule has 4 heterocycles. The number of amides is 2. The number of aromatic nitrogens is 5. The molecule has 0 radical (unpaired) electrons. The highest BCUT2D eigenvalue weighted by Gasteiger charge is 2.34. The number of anilines is 1. The molecule has 1 unspecified atom stereocenters. The Labute approximate surface area is 215 Å². The Hall–Kier alpha value is -4.04. The summed E-state index contributed by atoms with van der Waals surface area (Å²) in [6.07, 6.45) is -0.248. The van der Waals surface area contributed by atoms with Gasteiger partial charge in [0.2, 0.25) is 5.95 Å². The second-order valence-corrected chi connectivity index (χ2v) is 8.89. The molecule has 0 saturated heterocycles. The first-order chi connectivity index (χ1) is 17.5. The highest BCUT2D eigenvalue weighted by molar-refractivity contribution is 7.13. The molecule has 0 fully saturated rings. The van der Waals surface area contributed by atoms with Crippen molar-refractivity contribution in [2.75, 3.05) is 5.32 Å². The van der Waals surface area contributed by atoms with Crippen LogP contribution in [0.2, 0.25) is 5.02 Å². The van der Waals surface area contributed by atoms with Gasteiger partial charge in [0, 0.05) is 18.0 Å². The first-order valence-corrected chi connectivity index (χ1v) is 11.5. The minimum atomic E-state index is -4.72. The predicted molar refractivity (Wildman–Crippen MR) is 125 cm³/mol. The van der Waals surface area contributed by atoms with E-state index in [9.17, 15) is 27.2 Å². The third-order valence-corrected chi connectivity index (χ3v) is 6.27. The Kier molecular flexibility index (Phi) is 7.40. The maximum Gasteiger partial charge on any atom is 0.418 e. The maximum atomic E-state index is 13.1. The molecular formula is C22H14ClF4N7O2S. The molecule has 0 aliphatic carbocycles. The molecule has 1 atom stereocenters. The summed E-state index contributed by atoms with van der Waals surface area (Å²) in [6.45, 7) is 1.63. The molecule has 37 heavy (non-hydrogen) atoms. The molecule has 0 saturated carbocycles. The Morgan fingerprint density at radius 3 is 2.49 bits per heavy atom. The Balaban J connectivity index is 1.43. The fourth-order valence-electron chi connectivity index (χ4n) is 2.99. The largest absolute Gasteiger partial charge is 0.418 e. The molecule has 15 heteroatoms. The van der Waals surface area contributed by atoms with Gasteiger partial charge in [-0.2, -0.15) is 17.6 Å². The van der Waals surface area contributed by atoms with Crippen molar-refractivity contribution in [1.29, 1.82) is 0 Å². The van der Waals surface area contributed by atoms with E-state index in [0.717, 1.165) is 23.6 Å². The van der Waals surface area contributed by atoms with Crippen molar-refractivity contribution >= 4 is 40.6 Å². The molecule has 190 valence electrons. The van der Waals surface area contributed by atoms with Crippen LogP contribution in [0.15, 0.2) is 49.2 Å². The summed E-state index contributed by atoms with van der Waals surface area (Å²) >= 11 is 6.47. The van der Waals surface area contributed by atoms with Crippen LogP contribution in [-0.2, 0) is 6.18 Å². The predicted octanol–water partition coefficient (Wildman–Crippen LogP) is 4.94. The molecule has 0 spiro atoms. The van der Waals surface area contributed by atoms with Gasteiger partial charge in [0.15, 0.2) is 0 Å². The number of halogens is 5. The van der Waals surface area contributed by atoms with E-state index >= 15 is 0 Å². The number of nitrogens with one attached hydrogen (secondary N) is 2. The van der Waals surface area contributed by atoms with Crippen molar-refractivity contribution in [2.45, 2.75) is 19.1 Å². The molecule has 0 aromatic carbocycles. The van der Waals surface area contributed by atoms with E-state index in [1.807, 2.05) is 0 Å². The smallest absolute Gasteiger partial charge is 0.342 e. The normalized spacial score (nSPS) is 12.2. The van der Waals surface area contributed by atoms with E-state index in [1.165, 1.54) is 30.9 Å². The van der Waals surface area contributed by atoms with Gasteiger partial charge in [0.05, 0.1) is 28.5 Å². The van der Waals surface area contributed by atoms with Crippen molar-refractivity contribution in [3.05, 3.63) is 81.3 Å². The van der Waals surface area contributed by atoms with Crippen LogP contribution in [0.3, 0.4) is 0 Å². The fraction of sp³-hybridized carbons (Fsp3) is 0.136. The second kappa shape index (κ2) is 10.5. The van der Waals surface area contributed by atoms with E-state index in [1.54, 1.807) is 6.92 Å². The van der Waals surface area contributed by atoms with Crippen molar-refractivity contribution in [2.24, 2.45) is 0 Å². The van der Waals surface area contributed by atoms with Gasteiger partial charge in [-0.15, -0.1) is 11.3 Å². The Bertz CT molecular complexity index is 1460. The molecular weight excluding hydrogens is 538 g/mol. The molecule has 0 aliphatic rings. The van der Waals surface area contributed by atoms with E-state index < -0.39 is 40.6 Å². The van der Waals surface area contributed by atoms with Gasteiger partial charge in [-0.25, -0.2) is 24.9 Å². The van der Waals surface area contributed by atoms with Crippen molar-refractivity contribution < 1.29 is 27.2 Å². The minimum Gasteiger partial charge on any atom is -0.342 e. The van der Waals surface area contributed by atoms with Crippen LogP contribution in [0.5, 0.6) is 0 Å². The van der Waals surface area contributed by atoms with Crippen LogP contribution in [0.1, 0.15) is 43.7 Å². The third-order valence-electron chi connectivity index (χ3n) is 4.79. The third kappa shape index (κ3) is 6.21. The molecule has 0 bridgehead atoms. The summed E-state index contributed by atoms with van der Waals surface area (Å²) in [6, 6.07) is 4.01. The van der Waals surface area contributed by atoms with Gasteiger partial charge in [-0.1, -0.05) is 11.6 Å². The molecule has 2 N–H and O–H groups in total. The number of carbonyl (C=O) groups excluding carboxylic acids is 2. The van der Waals surface area contributed by atoms with Crippen LogP contribution >= 0.6 is 22.9 Å². The number of carbonyl (C=O) groups is 2. The number of hydrogen-bond donors (Lipinski definition) is 2. The minimum absolute atomic E-state index is 0.0324. The summed E-state index contributed by atoms with van der Waals surface area (Å²) < 4.78 is 52.2. The zero-order valence-electron chi connectivity index (χ0n) is 18.5. The number of rotatable bonds is 6. The number of alkyl halides is 3. The SMILES string of the molecule is CC(NC(=O)c1cc(-c2ccc(F)nc2)ncn1)c1ncc(C(=O)Nc2cc(C(F)(F)F)c(Cl)cn2)s1.